The smallest absolute Gasteiger partial charge is 0.246 e. The second-order valence-corrected chi connectivity index (χ2v) is 15.7. The Morgan fingerprint density at radius 3 is 1.90 bits per heavy atom. The first-order valence-corrected chi connectivity index (χ1v) is 19.8. The first-order chi connectivity index (χ1) is 28.0. The van der Waals surface area contributed by atoms with E-state index in [0.29, 0.717) is 34.1 Å². The van der Waals surface area contributed by atoms with E-state index in [4.69, 9.17) is 14.2 Å². The van der Waals surface area contributed by atoms with Gasteiger partial charge in [0.25, 0.3) is 0 Å². The molecule has 0 aliphatic carbocycles. The maximum Gasteiger partial charge on any atom is 0.246 e. The SMILES string of the molecule is COc1ccc(C[C@H]2C(=O)N[C@@H](C)C(=O)N(C)[C@H]3Cc4ccc(cc4)Oc4cc(ccc4OC)C[C@@H](C(=O)N[C@H](C)C(=O)N[C@@H](CC(C)C)C(=O)N2C)N(C)C3=O)cc1. The summed E-state index contributed by atoms with van der Waals surface area (Å²) in [6.45, 7) is 6.82. The average Bonchev–Trinajstić information content (AvgIpc) is 3.21. The molecule has 15 heteroatoms. The first kappa shape index (κ1) is 44.0. The van der Waals surface area contributed by atoms with Crippen LogP contribution in [0.4, 0.5) is 0 Å². The van der Waals surface area contributed by atoms with Crippen LogP contribution in [0.2, 0.25) is 0 Å². The quantitative estimate of drug-likeness (QED) is 0.338. The zero-order valence-corrected chi connectivity index (χ0v) is 35.2. The molecule has 3 N–H and O–H groups in total. The summed E-state index contributed by atoms with van der Waals surface area (Å²) in [5, 5.41) is 8.41. The van der Waals surface area contributed by atoms with Gasteiger partial charge in [-0.05, 0) is 79.3 Å². The van der Waals surface area contributed by atoms with Gasteiger partial charge in [-0.25, -0.2) is 0 Å². The molecule has 0 spiro atoms. The highest BCUT2D eigenvalue weighted by molar-refractivity contribution is 5.98. The van der Waals surface area contributed by atoms with Gasteiger partial charge in [0.1, 0.15) is 47.8 Å². The lowest BCUT2D eigenvalue weighted by Crippen LogP contribution is -2.62. The summed E-state index contributed by atoms with van der Waals surface area (Å²) >= 11 is 0. The normalized spacial score (nSPS) is 23.8. The molecule has 3 heterocycles. The van der Waals surface area contributed by atoms with E-state index in [0.717, 1.165) is 5.56 Å². The van der Waals surface area contributed by atoms with E-state index < -0.39 is 71.7 Å². The van der Waals surface area contributed by atoms with Gasteiger partial charge in [-0.15, -0.1) is 0 Å². The highest BCUT2D eigenvalue weighted by Crippen LogP contribution is 2.34. The van der Waals surface area contributed by atoms with Gasteiger partial charge < -0.3 is 44.9 Å². The van der Waals surface area contributed by atoms with Crippen molar-refractivity contribution >= 4 is 35.4 Å². The number of carbonyl (C=O) groups excluding carboxylic acids is 6. The average molecular weight is 813 g/mol. The van der Waals surface area contributed by atoms with Crippen LogP contribution in [0.3, 0.4) is 0 Å². The molecular weight excluding hydrogens is 757 g/mol. The Bertz CT molecular complexity index is 2020. The van der Waals surface area contributed by atoms with Crippen molar-refractivity contribution in [3.63, 3.8) is 0 Å². The summed E-state index contributed by atoms with van der Waals surface area (Å²) in [6, 6.07) is 12.6. The minimum Gasteiger partial charge on any atom is -0.497 e. The summed E-state index contributed by atoms with van der Waals surface area (Å²) in [5.74, 6) is -1.57. The predicted molar refractivity (Wildman–Crippen MR) is 220 cm³/mol. The van der Waals surface area contributed by atoms with Crippen molar-refractivity contribution in [1.82, 2.24) is 30.7 Å². The fourth-order valence-electron chi connectivity index (χ4n) is 7.36. The molecule has 59 heavy (non-hydrogen) atoms. The van der Waals surface area contributed by atoms with E-state index in [1.165, 1.54) is 56.8 Å². The standard InChI is InChI=1S/C44H56N6O9/c1-25(2)20-33-43(55)48(5)34(21-28-10-15-31(57-8)16-11-28)41(53)46-27(4)42(54)50(7)36-22-29-12-17-32(18-13-29)59-38-24-30(14-19-37(38)58-9)23-35(49(6)44(36)56)40(52)45-26(3)39(51)47-33/h10-19,24-27,33-36H,20-23H2,1-9H3,(H,45,52)(H,46,53)(H,47,51)/t26-,27+,33+,34+,35+,36+/m1/s1. The summed E-state index contributed by atoms with van der Waals surface area (Å²) < 4.78 is 17.1. The van der Waals surface area contributed by atoms with E-state index in [9.17, 15) is 28.8 Å². The van der Waals surface area contributed by atoms with Gasteiger partial charge in [0.15, 0.2) is 11.5 Å². The number of carbonyl (C=O) groups is 6. The molecule has 3 aliphatic rings. The zero-order chi connectivity index (χ0) is 43.1. The minimum atomic E-state index is -1.16. The molecule has 6 atom stereocenters. The number of amides is 6. The Balaban J connectivity index is 1.60. The van der Waals surface area contributed by atoms with Crippen molar-refractivity contribution < 1.29 is 43.0 Å². The number of nitrogens with one attached hydrogen (secondary N) is 3. The molecule has 3 aromatic carbocycles. The maximum absolute atomic E-state index is 14.8. The van der Waals surface area contributed by atoms with Crippen molar-refractivity contribution in [3.8, 4) is 23.0 Å². The number of rotatable bonds is 6. The molecular formula is C44H56N6O9. The topological polar surface area (TPSA) is 176 Å². The van der Waals surface area contributed by atoms with Crippen LogP contribution in [0.1, 0.15) is 50.8 Å². The number of hydrogen-bond acceptors (Lipinski definition) is 9. The third-order valence-electron chi connectivity index (χ3n) is 11.0. The lowest BCUT2D eigenvalue weighted by atomic mass is 9.98. The Kier molecular flexibility index (Phi) is 14.2. The molecule has 0 aromatic heterocycles. The van der Waals surface area contributed by atoms with Crippen LogP contribution < -0.4 is 30.2 Å². The van der Waals surface area contributed by atoms with Gasteiger partial charge in [0.2, 0.25) is 35.4 Å². The number of methoxy groups -OCH3 is 2. The minimum absolute atomic E-state index is 0.00598. The summed E-state index contributed by atoms with van der Waals surface area (Å²) in [6.07, 6.45) is 0.374. The third-order valence-corrected chi connectivity index (χ3v) is 11.0. The molecule has 0 unspecified atom stereocenters. The fourth-order valence-corrected chi connectivity index (χ4v) is 7.36. The fraction of sp³-hybridized carbons (Fsp3) is 0.455. The second kappa shape index (κ2) is 19.1. The Hall–Kier alpha value is -6.12. The highest BCUT2D eigenvalue weighted by Gasteiger charge is 2.40. The largest absolute Gasteiger partial charge is 0.497 e. The number of ether oxygens (including phenoxy) is 3. The van der Waals surface area contributed by atoms with Crippen molar-refractivity contribution in [3.05, 3.63) is 83.4 Å². The molecule has 316 valence electrons. The zero-order valence-electron chi connectivity index (χ0n) is 35.2. The second-order valence-electron chi connectivity index (χ2n) is 15.7. The molecule has 1 saturated heterocycles. The lowest BCUT2D eigenvalue weighted by Gasteiger charge is -2.37. The van der Waals surface area contributed by atoms with Crippen LogP contribution in [-0.4, -0.2) is 122 Å². The van der Waals surface area contributed by atoms with Gasteiger partial charge >= 0.3 is 0 Å². The van der Waals surface area contributed by atoms with Gasteiger partial charge in [-0.1, -0.05) is 44.2 Å². The Morgan fingerprint density at radius 2 is 1.27 bits per heavy atom. The van der Waals surface area contributed by atoms with Crippen LogP contribution >= 0.6 is 0 Å². The molecule has 3 aliphatic heterocycles. The molecule has 6 amide bonds. The van der Waals surface area contributed by atoms with Crippen LogP contribution in [0, 0.1) is 5.92 Å². The molecule has 6 bridgehead atoms. The Labute approximate surface area is 345 Å². The molecule has 1 fully saturated rings. The number of nitrogens with zero attached hydrogens (tertiary/aromatic N) is 3. The summed E-state index contributed by atoms with van der Waals surface area (Å²) in [7, 11) is 7.52. The van der Waals surface area contributed by atoms with Crippen LogP contribution in [0.5, 0.6) is 23.0 Å². The van der Waals surface area contributed by atoms with E-state index in [-0.39, 0.29) is 31.6 Å². The van der Waals surface area contributed by atoms with Crippen molar-refractivity contribution in [2.45, 2.75) is 89.6 Å². The van der Waals surface area contributed by atoms with E-state index >= 15 is 0 Å². The maximum atomic E-state index is 14.8. The highest BCUT2D eigenvalue weighted by atomic mass is 16.5. The number of fused-ring (bicyclic) bond motifs is 2. The van der Waals surface area contributed by atoms with Gasteiger partial charge in [-0.2, -0.15) is 0 Å². The van der Waals surface area contributed by atoms with Crippen molar-refractivity contribution in [2.75, 3.05) is 35.4 Å². The molecule has 15 nitrogen and oxygen atoms in total. The molecule has 3 aromatic rings. The monoisotopic (exact) mass is 812 g/mol. The summed E-state index contributed by atoms with van der Waals surface area (Å²) in [5.41, 5.74) is 2.04. The molecule has 0 radical (unpaired) electrons. The van der Waals surface area contributed by atoms with Crippen LogP contribution in [0.25, 0.3) is 0 Å². The molecule has 6 rings (SSSR count). The summed E-state index contributed by atoms with van der Waals surface area (Å²) in [4.78, 5) is 89.8. The van der Waals surface area contributed by atoms with E-state index in [1.807, 2.05) is 13.8 Å². The first-order valence-electron chi connectivity index (χ1n) is 19.8. The van der Waals surface area contributed by atoms with Gasteiger partial charge in [-0.3, -0.25) is 28.8 Å². The third kappa shape index (κ3) is 10.5. The number of likely N-dealkylation sites (N-methyl/N-ethyl adjacent to an activating group) is 3. The lowest BCUT2D eigenvalue weighted by molar-refractivity contribution is -0.149. The van der Waals surface area contributed by atoms with Crippen LogP contribution in [0.15, 0.2) is 66.7 Å². The Morgan fingerprint density at radius 1 is 0.661 bits per heavy atom. The van der Waals surface area contributed by atoms with Crippen molar-refractivity contribution in [1.29, 1.82) is 0 Å². The van der Waals surface area contributed by atoms with E-state index in [2.05, 4.69) is 16.0 Å². The number of hydrogen-bond donors (Lipinski definition) is 3. The van der Waals surface area contributed by atoms with Gasteiger partial charge in [0.05, 0.1) is 14.2 Å². The predicted octanol–water partition coefficient (Wildman–Crippen LogP) is 2.87. The molecule has 0 saturated carbocycles. The van der Waals surface area contributed by atoms with Crippen LogP contribution in [-0.2, 0) is 48.0 Å². The van der Waals surface area contributed by atoms with E-state index in [1.54, 1.807) is 73.8 Å². The van der Waals surface area contributed by atoms with Crippen molar-refractivity contribution in [2.24, 2.45) is 5.92 Å². The van der Waals surface area contributed by atoms with Gasteiger partial charge in [0, 0.05) is 40.4 Å². The number of benzene rings is 3.